The second-order valence-electron chi connectivity index (χ2n) is 5.58. The normalized spacial score (nSPS) is 17.0. The van der Waals surface area contributed by atoms with Crippen LogP contribution in [-0.4, -0.2) is 20.1 Å². The molecular weight excluding hydrogens is 278 g/mol. The van der Waals surface area contributed by atoms with Crippen LogP contribution in [0.3, 0.4) is 0 Å². The third kappa shape index (κ3) is 2.27. The van der Waals surface area contributed by atoms with Crippen LogP contribution in [0.15, 0.2) is 35.0 Å². The molecule has 1 aliphatic rings. The smallest absolute Gasteiger partial charge is 0.250 e. The van der Waals surface area contributed by atoms with E-state index in [0.29, 0.717) is 11.7 Å². The molecule has 0 aliphatic heterocycles. The van der Waals surface area contributed by atoms with Gasteiger partial charge in [0, 0.05) is 6.08 Å². The summed E-state index contributed by atoms with van der Waals surface area (Å²) in [7, 11) is 0. The van der Waals surface area contributed by atoms with Crippen molar-refractivity contribution in [3.63, 3.8) is 0 Å². The van der Waals surface area contributed by atoms with E-state index in [9.17, 15) is 0 Å². The Labute approximate surface area is 127 Å². The second kappa shape index (κ2) is 4.99. The minimum atomic E-state index is -0.404. The standard InChI is InChI=1S/C16H15N5O/c17-16(8-3-9-16)15-20-14(22-21-15)7-6-11-10-18-12-4-1-2-5-13(12)19-11/h1-2,4-7,10H,3,8-9,17H2/b7-6+. The summed E-state index contributed by atoms with van der Waals surface area (Å²) in [6.45, 7) is 0. The van der Waals surface area contributed by atoms with Crippen LogP contribution in [0.5, 0.6) is 0 Å². The lowest BCUT2D eigenvalue weighted by molar-refractivity contribution is 0.229. The van der Waals surface area contributed by atoms with Crippen molar-refractivity contribution in [2.75, 3.05) is 0 Å². The van der Waals surface area contributed by atoms with Gasteiger partial charge >= 0.3 is 0 Å². The summed E-state index contributed by atoms with van der Waals surface area (Å²) >= 11 is 0. The van der Waals surface area contributed by atoms with Gasteiger partial charge in [0.1, 0.15) is 0 Å². The van der Waals surface area contributed by atoms with Crippen LogP contribution >= 0.6 is 0 Å². The number of hydrogen-bond donors (Lipinski definition) is 1. The molecule has 22 heavy (non-hydrogen) atoms. The highest BCUT2D eigenvalue weighted by Gasteiger charge is 2.38. The zero-order valence-electron chi connectivity index (χ0n) is 11.9. The molecule has 1 aliphatic carbocycles. The lowest BCUT2D eigenvalue weighted by Gasteiger charge is -2.34. The molecule has 0 spiro atoms. The van der Waals surface area contributed by atoms with Gasteiger partial charge in [-0.15, -0.1) is 0 Å². The highest BCUT2D eigenvalue weighted by atomic mass is 16.5. The fraction of sp³-hybridized carbons (Fsp3) is 0.250. The molecule has 0 atom stereocenters. The Morgan fingerprint density at radius 1 is 1.09 bits per heavy atom. The van der Waals surface area contributed by atoms with E-state index in [1.165, 1.54) is 0 Å². The van der Waals surface area contributed by atoms with Crippen molar-refractivity contribution in [3.8, 4) is 0 Å². The molecule has 3 aromatic rings. The zero-order chi connectivity index (χ0) is 15.0. The van der Waals surface area contributed by atoms with Gasteiger partial charge in [-0.1, -0.05) is 17.3 Å². The predicted molar refractivity (Wildman–Crippen MR) is 82.5 cm³/mol. The Bertz CT molecular complexity index is 850. The Hall–Kier alpha value is -2.60. The maximum absolute atomic E-state index is 6.18. The van der Waals surface area contributed by atoms with Gasteiger partial charge < -0.3 is 10.3 Å². The first-order chi connectivity index (χ1) is 10.7. The van der Waals surface area contributed by atoms with E-state index in [2.05, 4.69) is 20.1 Å². The van der Waals surface area contributed by atoms with E-state index in [1.54, 1.807) is 18.3 Å². The summed E-state index contributed by atoms with van der Waals surface area (Å²) in [5.74, 6) is 1.02. The Morgan fingerprint density at radius 2 is 1.91 bits per heavy atom. The molecule has 0 bridgehead atoms. The highest BCUT2D eigenvalue weighted by Crippen LogP contribution is 2.36. The number of nitrogens with zero attached hydrogens (tertiary/aromatic N) is 4. The van der Waals surface area contributed by atoms with Crippen LogP contribution in [0.25, 0.3) is 23.2 Å². The third-order valence-corrected chi connectivity index (χ3v) is 4.00. The maximum atomic E-state index is 6.18. The van der Waals surface area contributed by atoms with Gasteiger partial charge in [-0.25, -0.2) is 4.98 Å². The summed E-state index contributed by atoms with van der Waals surface area (Å²) in [4.78, 5) is 13.2. The lowest BCUT2D eigenvalue weighted by atomic mass is 9.77. The molecule has 0 unspecified atom stereocenters. The number of para-hydroxylation sites is 2. The van der Waals surface area contributed by atoms with Gasteiger partial charge in [-0.05, 0) is 37.5 Å². The van der Waals surface area contributed by atoms with Crippen molar-refractivity contribution >= 4 is 23.2 Å². The van der Waals surface area contributed by atoms with E-state index in [1.807, 2.05) is 24.3 Å². The first-order valence-corrected chi connectivity index (χ1v) is 7.26. The average Bonchev–Trinajstić information content (AvgIpc) is 3.00. The molecule has 2 heterocycles. The van der Waals surface area contributed by atoms with E-state index >= 15 is 0 Å². The molecular formula is C16H15N5O. The topological polar surface area (TPSA) is 90.7 Å². The molecule has 2 aromatic heterocycles. The molecule has 0 saturated heterocycles. The number of nitrogens with two attached hydrogens (primary N) is 1. The predicted octanol–water partition coefficient (Wildman–Crippen LogP) is 2.52. The molecule has 6 heteroatoms. The molecule has 2 N–H and O–H groups in total. The van der Waals surface area contributed by atoms with Gasteiger partial charge in [0.15, 0.2) is 5.82 Å². The number of rotatable bonds is 3. The fourth-order valence-electron chi connectivity index (χ4n) is 2.49. The van der Waals surface area contributed by atoms with Crippen LogP contribution < -0.4 is 5.73 Å². The quantitative estimate of drug-likeness (QED) is 0.798. The third-order valence-electron chi connectivity index (χ3n) is 4.00. The van der Waals surface area contributed by atoms with Gasteiger partial charge in [0.25, 0.3) is 5.89 Å². The lowest BCUT2D eigenvalue weighted by Crippen LogP contribution is -2.44. The summed E-state index contributed by atoms with van der Waals surface area (Å²) in [6, 6.07) is 7.74. The van der Waals surface area contributed by atoms with Crippen LogP contribution in [-0.2, 0) is 5.54 Å². The van der Waals surface area contributed by atoms with Gasteiger partial charge in [-0.2, -0.15) is 4.98 Å². The zero-order valence-corrected chi connectivity index (χ0v) is 11.9. The molecule has 6 nitrogen and oxygen atoms in total. The molecule has 110 valence electrons. The van der Waals surface area contributed by atoms with E-state index in [-0.39, 0.29) is 0 Å². The Balaban J connectivity index is 1.57. The van der Waals surface area contributed by atoms with Crippen molar-refractivity contribution in [2.24, 2.45) is 5.73 Å². The van der Waals surface area contributed by atoms with Crippen LogP contribution in [0.1, 0.15) is 36.7 Å². The summed E-state index contributed by atoms with van der Waals surface area (Å²) in [6.07, 6.45) is 8.19. The van der Waals surface area contributed by atoms with Crippen molar-refractivity contribution in [1.82, 2.24) is 20.1 Å². The first kappa shape index (κ1) is 13.1. The Morgan fingerprint density at radius 3 is 2.68 bits per heavy atom. The minimum absolute atomic E-state index is 0.404. The molecule has 1 saturated carbocycles. The second-order valence-corrected chi connectivity index (χ2v) is 5.58. The van der Waals surface area contributed by atoms with E-state index in [0.717, 1.165) is 36.0 Å². The maximum Gasteiger partial charge on any atom is 0.250 e. The van der Waals surface area contributed by atoms with Gasteiger partial charge in [-0.3, -0.25) is 4.98 Å². The summed E-state index contributed by atoms with van der Waals surface area (Å²) < 4.78 is 5.22. The number of benzene rings is 1. The van der Waals surface area contributed by atoms with Crippen LogP contribution in [0.2, 0.25) is 0 Å². The summed E-state index contributed by atoms with van der Waals surface area (Å²) in [5, 5.41) is 3.97. The van der Waals surface area contributed by atoms with Crippen molar-refractivity contribution in [2.45, 2.75) is 24.8 Å². The van der Waals surface area contributed by atoms with Crippen LogP contribution in [0, 0.1) is 0 Å². The van der Waals surface area contributed by atoms with Gasteiger partial charge in [0.2, 0.25) is 0 Å². The molecule has 0 amide bonds. The van der Waals surface area contributed by atoms with Crippen LogP contribution in [0.4, 0.5) is 0 Å². The largest absolute Gasteiger partial charge is 0.335 e. The van der Waals surface area contributed by atoms with Gasteiger partial charge in [0.05, 0.1) is 28.5 Å². The number of aromatic nitrogens is 4. The minimum Gasteiger partial charge on any atom is -0.335 e. The monoisotopic (exact) mass is 293 g/mol. The molecule has 1 aromatic carbocycles. The van der Waals surface area contributed by atoms with E-state index in [4.69, 9.17) is 10.3 Å². The number of fused-ring (bicyclic) bond motifs is 1. The first-order valence-electron chi connectivity index (χ1n) is 7.26. The fourth-order valence-corrected chi connectivity index (χ4v) is 2.49. The van der Waals surface area contributed by atoms with Crippen molar-refractivity contribution < 1.29 is 4.52 Å². The van der Waals surface area contributed by atoms with Crippen molar-refractivity contribution in [1.29, 1.82) is 0 Å². The van der Waals surface area contributed by atoms with E-state index < -0.39 is 5.54 Å². The Kier molecular flexibility index (Phi) is 2.97. The molecule has 0 radical (unpaired) electrons. The molecule has 1 fully saturated rings. The highest BCUT2D eigenvalue weighted by molar-refractivity contribution is 5.76. The number of hydrogen-bond acceptors (Lipinski definition) is 6. The van der Waals surface area contributed by atoms with Crippen molar-refractivity contribution in [3.05, 3.63) is 47.9 Å². The average molecular weight is 293 g/mol. The molecule has 4 rings (SSSR count). The SMILES string of the molecule is NC1(c2noc(/C=C/c3cnc4ccccc4n3)n2)CCC1. The summed E-state index contributed by atoms with van der Waals surface area (Å²) in [5.41, 5.74) is 8.23.